The average Bonchev–Trinajstić information content (AvgIpc) is 3.21. The Bertz CT molecular complexity index is 1180. The second-order valence-electron chi connectivity index (χ2n) is 6.82. The molecule has 3 aromatic rings. The zero-order valence-electron chi connectivity index (χ0n) is 17.5. The van der Waals surface area contributed by atoms with E-state index in [1.807, 2.05) is 0 Å². The third kappa shape index (κ3) is 5.19. The molecule has 2 aromatic carbocycles. The minimum atomic E-state index is -4.43. The predicted molar refractivity (Wildman–Crippen MR) is 111 cm³/mol. The van der Waals surface area contributed by atoms with Crippen molar-refractivity contribution in [3.8, 4) is 17.1 Å². The number of hydrogen-bond donors (Lipinski definition) is 1. The molecule has 0 fully saturated rings. The molecule has 0 unspecified atom stereocenters. The van der Waals surface area contributed by atoms with Gasteiger partial charge in [0, 0.05) is 25.3 Å². The smallest absolute Gasteiger partial charge is 0.416 e. The van der Waals surface area contributed by atoms with Crippen molar-refractivity contribution in [1.29, 1.82) is 0 Å². The first-order valence-electron chi connectivity index (χ1n) is 9.46. The molecule has 0 aliphatic heterocycles. The van der Waals surface area contributed by atoms with Crippen molar-refractivity contribution in [2.75, 3.05) is 26.0 Å². The third-order valence-corrected chi connectivity index (χ3v) is 6.22. The van der Waals surface area contributed by atoms with Crippen molar-refractivity contribution >= 4 is 15.7 Å². The van der Waals surface area contributed by atoms with Crippen LogP contribution in [0.2, 0.25) is 0 Å². The minimum Gasteiger partial charge on any atom is -0.492 e. The number of benzene rings is 2. The lowest BCUT2D eigenvalue weighted by molar-refractivity contribution is -0.137. The minimum absolute atomic E-state index is 0.00493. The number of ether oxygens (including phenoxy) is 1. The number of anilines is 1. The molecule has 0 saturated carbocycles. The second-order valence-corrected chi connectivity index (χ2v) is 8.94. The molecule has 1 N–H and O–H groups in total. The van der Waals surface area contributed by atoms with Crippen LogP contribution in [-0.2, 0) is 22.7 Å². The second kappa shape index (κ2) is 9.17. The lowest BCUT2D eigenvalue weighted by Crippen LogP contribution is -2.23. The maximum atomic E-state index is 12.7. The number of alkyl halides is 3. The summed E-state index contributed by atoms with van der Waals surface area (Å²) in [6.45, 7) is 2.13. The summed E-state index contributed by atoms with van der Waals surface area (Å²) >= 11 is 0. The van der Waals surface area contributed by atoms with E-state index in [9.17, 15) is 21.6 Å². The van der Waals surface area contributed by atoms with Gasteiger partial charge in [-0.05, 0) is 37.3 Å². The van der Waals surface area contributed by atoms with Crippen molar-refractivity contribution in [3.05, 3.63) is 53.9 Å². The van der Waals surface area contributed by atoms with Gasteiger partial charge in [-0.2, -0.15) is 18.2 Å². The van der Waals surface area contributed by atoms with E-state index in [4.69, 9.17) is 9.26 Å². The monoisotopic (exact) mass is 470 g/mol. The van der Waals surface area contributed by atoms with Gasteiger partial charge in [0.1, 0.15) is 10.6 Å². The number of nitrogens with one attached hydrogen (secondary N) is 1. The number of aromatic nitrogens is 2. The highest BCUT2D eigenvalue weighted by atomic mass is 32.2. The summed E-state index contributed by atoms with van der Waals surface area (Å²) in [5, 5.41) is 6.77. The van der Waals surface area contributed by atoms with Crippen LogP contribution in [-0.4, -0.2) is 43.6 Å². The lowest BCUT2D eigenvalue weighted by atomic mass is 10.1. The zero-order chi connectivity index (χ0) is 23.5. The molecule has 3 rings (SSSR count). The Kier molecular flexibility index (Phi) is 6.74. The zero-order valence-corrected chi connectivity index (χ0v) is 18.3. The number of rotatable bonds is 8. The maximum absolute atomic E-state index is 12.7. The highest BCUT2D eigenvalue weighted by molar-refractivity contribution is 7.89. The van der Waals surface area contributed by atoms with Crippen LogP contribution in [0.3, 0.4) is 0 Å². The van der Waals surface area contributed by atoms with Gasteiger partial charge in [-0.15, -0.1) is 0 Å². The summed E-state index contributed by atoms with van der Waals surface area (Å²) < 4.78 is 75.0. The van der Waals surface area contributed by atoms with Gasteiger partial charge in [-0.3, -0.25) is 0 Å². The highest BCUT2D eigenvalue weighted by Crippen LogP contribution is 2.31. The van der Waals surface area contributed by atoms with E-state index in [1.165, 1.54) is 32.3 Å². The van der Waals surface area contributed by atoms with E-state index in [1.54, 1.807) is 19.1 Å². The largest absolute Gasteiger partial charge is 0.492 e. The van der Waals surface area contributed by atoms with Gasteiger partial charge in [0.25, 0.3) is 0 Å². The van der Waals surface area contributed by atoms with Gasteiger partial charge in [0.2, 0.25) is 21.7 Å². The van der Waals surface area contributed by atoms with Gasteiger partial charge in [-0.25, -0.2) is 12.7 Å². The van der Waals surface area contributed by atoms with Crippen LogP contribution < -0.4 is 10.1 Å². The molecule has 0 saturated heterocycles. The maximum Gasteiger partial charge on any atom is 0.416 e. The van der Waals surface area contributed by atoms with Crippen LogP contribution in [0.1, 0.15) is 18.4 Å². The molecule has 12 heteroatoms. The standard InChI is InChI=1S/C20H21F3N4O4S/c1-4-30-16-10-9-15(11-17(16)32(28,29)27(2)3)24-12-18-25-19(26-31-18)13-5-7-14(8-6-13)20(21,22)23/h5-11,24H,4,12H2,1-3H3. The Morgan fingerprint density at radius 1 is 1.12 bits per heavy atom. The quantitative estimate of drug-likeness (QED) is 0.531. The van der Waals surface area contributed by atoms with E-state index in [2.05, 4.69) is 15.5 Å². The number of halogens is 3. The summed E-state index contributed by atoms with van der Waals surface area (Å²) in [4.78, 5) is 4.17. The Labute approximate surface area is 183 Å². The van der Waals surface area contributed by atoms with Gasteiger partial charge in [0.15, 0.2) is 0 Å². The summed E-state index contributed by atoms with van der Waals surface area (Å²) in [7, 11) is -0.898. The van der Waals surface area contributed by atoms with Crippen LogP contribution >= 0.6 is 0 Å². The van der Waals surface area contributed by atoms with E-state index in [0.29, 0.717) is 17.9 Å². The number of hydrogen-bond acceptors (Lipinski definition) is 7. The molecule has 0 radical (unpaired) electrons. The molecule has 0 aliphatic rings. The molecule has 0 spiro atoms. The molecule has 0 aliphatic carbocycles. The van der Waals surface area contributed by atoms with E-state index >= 15 is 0 Å². The molecule has 32 heavy (non-hydrogen) atoms. The Balaban J connectivity index is 1.76. The van der Waals surface area contributed by atoms with E-state index in [-0.39, 0.29) is 28.9 Å². The van der Waals surface area contributed by atoms with Crippen LogP contribution in [0.15, 0.2) is 51.9 Å². The molecule has 1 aromatic heterocycles. The molecular weight excluding hydrogens is 449 g/mol. The van der Waals surface area contributed by atoms with Crippen LogP contribution in [0.4, 0.5) is 18.9 Å². The molecule has 0 amide bonds. The fraction of sp³-hybridized carbons (Fsp3) is 0.300. The van der Waals surface area contributed by atoms with Crippen molar-refractivity contribution in [1.82, 2.24) is 14.4 Å². The van der Waals surface area contributed by atoms with Crippen molar-refractivity contribution in [2.24, 2.45) is 0 Å². The number of sulfonamides is 1. The Morgan fingerprint density at radius 3 is 2.41 bits per heavy atom. The first kappa shape index (κ1) is 23.5. The van der Waals surface area contributed by atoms with Crippen LogP contribution in [0.25, 0.3) is 11.4 Å². The first-order chi connectivity index (χ1) is 15.0. The van der Waals surface area contributed by atoms with Crippen LogP contribution in [0.5, 0.6) is 5.75 Å². The summed E-state index contributed by atoms with van der Waals surface area (Å²) in [5.74, 6) is 0.540. The lowest BCUT2D eigenvalue weighted by Gasteiger charge is -2.16. The molecule has 0 bridgehead atoms. The number of nitrogens with zero attached hydrogens (tertiary/aromatic N) is 3. The Morgan fingerprint density at radius 2 is 1.81 bits per heavy atom. The fourth-order valence-corrected chi connectivity index (χ4v) is 3.77. The normalized spacial score (nSPS) is 12.2. The van der Waals surface area contributed by atoms with Gasteiger partial charge >= 0.3 is 6.18 Å². The summed E-state index contributed by atoms with van der Waals surface area (Å²) in [6, 6.07) is 9.03. The fourth-order valence-electron chi connectivity index (χ4n) is 2.72. The van der Waals surface area contributed by atoms with Crippen molar-refractivity contribution < 1.29 is 30.8 Å². The van der Waals surface area contributed by atoms with Crippen molar-refractivity contribution in [2.45, 2.75) is 24.5 Å². The van der Waals surface area contributed by atoms with E-state index in [0.717, 1.165) is 16.4 Å². The molecule has 0 atom stereocenters. The molecular formula is C20H21F3N4O4S. The third-order valence-electron chi connectivity index (χ3n) is 4.38. The van der Waals surface area contributed by atoms with Crippen LogP contribution in [0, 0.1) is 0 Å². The van der Waals surface area contributed by atoms with Gasteiger partial charge in [-0.1, -0.05) is 17.3 Å². The highest BCUT2D eigenvalue weighted by Gasteiger charge is 2.30. The van der Waals surface area contributed by atoms with Gasteiger partial charge < -0.3 is 14.6 Å². The topological polar surface area (TPSA) is 97.6 Å². The average molecular weight is 470 g/mol. The first-order valence-corrected chi connectivity index (χ1v) is 10.9. The predicted octanol–water partition coefficient (Wildman–Crippen LogP) is 4.02. The van der Waals surface area contributed by atoms with E-state index < -0.39 is 21.8 Å². The SMILES string of the molecule is CCOc1ccc(NCc2nc(-c3ccc(C(F)(F)F)cc3)no2)cc1S(=O)(=O)N(C)C. The van der Waals surface area contributed by atoms with Gasteiger partial charge in [0.05, 0.1) is 18.7 Å². The summed E-state index contributed by atoms with van der Waals surface area (Å²) in [5.41, 5.74) is 0.0715. The molecule has 172 valence electrons. The summed E-state index contributed by atoms with van der Waals surface area (Å²) in [6.07, 6.45) is -4.43. The Hall–Kier alpha value is -3.12. The molecule has 1 heterocycles. The van der Waals surface area contributed by atoms with Crippen molar-refractivity contribution in [3.63, 3.8) is 0 Å². The molecule has 8 nitrogen and oxygen atoms in total.